The zero-order valence-electron chi connectivity index (χ0n) is 14.1. The first kappa shape index (κ1) is 18.5. The Morgan fingerprint density at radius 2 is 2.04 bits per heavy atom. The maximum Gasteiger partial charge on any atom is 0.241 e. The number of nitrogens with zero attached hydrogens (tertiary/aromatic N) is 1. The van der Waals surface area contributed by atoms with Crippen LogP contribution in [-0.2, 0) is 14.8 Å². The van der Waals surface area contributed by atoms with E-state index in [0.717, 1.165) is 6.42 Å². The number of nitrogens with one attached hydrogen (secondary N) is 1. The van der Waals surface area contributed by atoms with Gasteiger partial charge in [0, 0.05) is 18.8 Å². The number of ether oxygens (including phenoxy) is 1. The number of carbonyl (C=O) groups is 1. The number of benzene rings is 1. The van der Waals surface area contributed by atoms with Gasteiger partial charge in [-0.3, -0.25) is 9.52 Å². The normalized spacial score (nSPS) is 18.0. The topological polar surface area (TPSA) is 102 Å². The summed E-state index contributed by atoms with van der Waals surface area (Å²) in [6.07, 6.45) is 0.871. The van der Waals surface area contributed by atoms with Crippen molar-refractivity contribution in [2.24, 2.45) is 11.7 Å². The fourth-order valence-corrected chi connectivity index (χ4v) is 3.67. The molecule has 0 aromatic heterocycles. The van der Waals surface area contributed by atoms with Gasteiger partial charge in [0.2, 0.25) is 15.9 Å². The molecule has 134 valence electrons. The summed E-state index contributed by atoms with van der Waals surface area (Å²) in [5, 5.41) is 0. The van der Waals surface area contributed by atoms with E-state index in [9.17, 15) is 13.2 Å². The van der Waals surface area contributed by atoms with Crippen LogP contribution >= 0.6 is 0 Å². The quantitative estimate of drug-likeness (QED) is 0.760. The van der Waals surface area contributed by atoms with E-state index in [2.05, 4.69) is 4.72 Å². The first-order valence-electron chi connectivity index (χ1n) is 8.04. The zero-order valence-corrected chi connectivity index (χ0v) is 14.9. The molecule has 1 aliphatic rings. The Morgan fingerprint density at radius 1 is 1.38 bits per heavy atom. The Morgan fingerprint density at radius 3 is 2.58 bits per heavy atom. The predicted octanol–water partition coefficient (Wildman–Crippen LogP) is 1.02. The number of sulfonamides is 1. The highest BCUT2D eigenvalue weighted by molar-refractivity contribution is 7.93. The molecular formula is C16H25N3O4S. The van der Waals surface area contributed by atoms with Crippen LogP contribution < -0.4 is 15.2 Å². The molecule has 0 aliphatic carbocycles. The summed E-state index contributed by atoms with van der Waals surface area (Å²) in [6.45, 7) is 5.44. The third kappa shape index (κ3) is 5.38. The molecule has 1 aromatic rings. The Labute approximate surface area is 143 Å². The summed E-state index contributed by atoms with van der Waals surface area (Å²) < 4.78 is 32.3. The molecular weight excluding hydrogens is 330 g/mol. The molecule has 1 atom stereocenters. The van der Waals surface area contributed by atoms with Crippen molar-refractivity contribution in [3.63, 3.8) is 0 Å². The molecule has 1 aliphatic heterocycles. The Hall–Kier alpha value is -1.80. The molecule has 1 unspecified atom stereocenters. The zero-order chi connectivity index (χ0) is 17.7. The molecule has 0 spiro atoms. The van der Waals surface area contributed by atoms with E-state index in [1.807, 2.05) is 13.8 Å². The van der Waals surface area contributed by atoms with Gasteiger partial charge in [-0.2, -0.15) is 0 Å². The summed E-state index contributed by atoms with van der Waals surface area (Å²) >= 11 is 0. The number of rotatable bonds is 7. The van der Waals surface area contributed by atoms with Crippen LogP contribution in [0.4, 0.5) is 5.69 Å². The molecule has 8 heteroatoms. The minimum Gasteiger partial charge on any atom is -0.491 e. The summed E-state index contributed by atoms with van der Waals surface area (Å²) in [4.78, 5) is 13.7. The maximum absolute atomic E-state index is 12.2. The lowest BCUT2D eigenvalue weighted by molar-refractivity contribution is -0.127. The fraction of sp³-hybridized carbons (Fsp3) is 0.562. The van der Waals surface area contributed by atoms with Crippen molar-refractivity contribution in [2.45, 2.75) is 26.4 Å². The van der Waals surface area contributed by atoms with Crippen molar-refractivity contribution in [3.05, 3.63) is 24.3 Å². The van der Waals surface area contributed by atoms with Crippen molar-refractivity contribution in [2.75, 3.05) is 30.1 Å². The average Bonchev–Trinajstić information content (AvgIpc) is 2.97. The highest BCUT2D eigenvalue weighted by atomic mass is 32.2. The second-order valence-corrected chi connectivity index (χ2v) is 8.00. The Bertz CT molecular complexity index is 658. The number of hydrogen-bond donors (Lipinski definition) is 2. The largest absolute Gasteiger partial charge is 0.491 e. The minimum atomic E-state index is -3.74. The van der Waals surface area contributed by atoms with Crippen LogP contribution in [0.5, 0.6) is 5.75 Å². The molecule has 1 saturated heterocycles. The summed E-state index contributed by atoms with van der Waals surface area (Å²) in [7, 11) is -3.74. The van der Waals surface area contributed by atoms with Gasteiger partial charge in [0.25, 0.3) is 0 Å². The number of amides is 1. The average molecular weight is 355 g/mol. The second-order valence-electron chi connectivity index (χ2n) is 6.28. The van der Waals surface area contributed by atoms with Crippen LogP contribution in [-0.4, -0.2) is 50.7 Å². The van der Waals surface area contributed by atoms with Gasteiger partial charge in [0.05, 0.1) is 6.10 Å². The van der Waals surface area contributed by atoms with Gasteiger partial charge in [0.15, 0.2) is 0 Å². The van der Waals surface area contributed by atoms with Gasteiger partial charge >= 0.3 is 0 Å². The van der Waals surface area contributed by atoms with Crippen molar-refractivity contribution in [1.82, 2.24) is 4.90 Å². The monoisotopic (exact) mass is 355 g/mol. The minimum absolute atomic E-state index is 0.0444. The molecule has 1 amide bonds. The summed E-state index contributed by atoms with van der Waals surface area (Å²) in [6, 6.07) is 6.60. The number of anilines is 1. The van der Waals surface area contributed by atoms with E-state index < -0.39 is 21.7 Å². The smallest absolute Gasteiger partial charge is 0.241 e. The summed E-state index contributed by atoms with van der Waals surface area (Å²) in [5.41, 5.74) is 5.99. The van der Waals surface area contributed by atoms with Crippen LogP contribution in [0.1, 0.15) is 20.3 Å². The van der Waals surface area contributed by atoms with Crippen LogP contribution in [0.25, 0.3) is 0 Å². The van der Waals surface area contributed by atoms with Crippen LogP contribution in [0.3, 0.4) is 0 Å². The second kappa shape index (κ2) is 7.85. The Balaban J connectivity index is 1.92. The molecule has 1 heterocycles. The van der Waals surface area contributed by atoms with Crippen molar-refractivity contribution in [1.29, 1.82) is 0 Å². The number of hydrogen-bond acceptors (Lipinski definition) is 5. The molecule has 2 rings (SSSR count). The molecule has 1 fully saturated rings. The first-order chi connectivity index (χ1) is 11.3. The lowest BCUT2D eigenvalue weighted by Gasteiger charge is -2.17. The maximum atomic E-state index is 12.2. The third-order valence-electron chi connectivity index (χ3n) is 3.78. The van der Waals surface area contributed by atoms with Crippen LogP contribution in [0.15, 0.2) is 24.3 Å². The van der Waals surface area contributed by atoms with Gasteiger partial charge in [-0.05, 0) is 57.0 Å². The van der Waals surface area contributed by atoms with Gasteiger partial charge in [0.1, 0.15) is 11.5 Å². The van der Waals surface area contributed by atoms with E-state index in [0.29, 0.717) is 31.1 Å². The van der Waals surface area contributed by atoms with Gasteiger partial charge < -0.3 is 15.4 Å². The molecule has 24 heavy (non-hydrogen) atoms. The Kier molecular flexibility index (Phi) is 6.06. The standard InChI is InChI=1S/C16H25N3O4S/c1-12(2)23-15-5-3-14(4-6-15)18-24(21,22)11-16(20)19-8-7-13(9-17)10-19/h3-6,12-13,18H,7-11,17H2,1-2H3. The molecule has 1 aromatic carbocycles. The van der Waals surface area contributed by atoms with E-state index in [-0.39, 0.29) is 12.0 Å². The van der Waals surface area contributed by atoms with Crippen LogP contribution in [0, 0.1) is 5.92 Å². The van der Waals surface area contributed by atoms with E-state index >= 15 is 0 Å². The van der Waals surface area contributed by atoms with Crippen LogP contribution in [0.2, 0.25) is 0 Å². The number of likely N-dealkylation sites (tertiary alicyclic amines) is 1. The van der Waals surface area contributed by atoms with Crippen molar-refractivity contribution < 1.29 is 17.9 Å². The molecule has 0 bridgehead atoms. The molecule has 3 N–H and O–H groups in total. The fourth-order valence-electron chi connectivity index (χ4n) is 2.59. The SMILES string of the molecule is CC(C)Oc1ccc(NS(=O)(=O)CC(=O)N2CCC(CN)C2)cc1. The lowest BCUT2D eigenvalue weighted by Crippen LogP contribution is -2.36. The van der Waals surface area contributed by atoms with Gasteiger partial charge in [-0.15, -0.1) is 0 Å². The highest BCUT2D eigenvalue weighted by Crippen LogP contribution is 2.19. The summed E-state index contributed by atoms with van der Waals surface area (Å²) in [5.74, 6) is -0.0283. The first-order valence-corrected chi connectivity index (χ1v) is 9.69. The van der Waals surface area contributed by atoms with E-state index in [4.69, 9.17) is 10.5 Å². The van der Waals surface area contributed by atoms with E-state index in [1.165, 1.54) is 0 Å². The molecule has 0 radical (unpaired) electrons. The molecule has 0 saturated carbocycles. The van der Waals surface area contributed by atoms with Crippen molar-refractivity contribution >= 4 is 21.6 Å². The van der Waals surface area contributed by atoms with Gasteiger partial charge in [-0.1, -0.05) is 0 Å². The molecule has 7 nitrogen and oxygen atoms in total. The predicted molar refractivity (Wildman–Crippen MR) is 93.4 cm³/mol. The number of nitrogens with two attached hydrogens (primary N) is 1. The third-order valence-corrected chi connectivity index (χ3v) is 4.96. The lowest BCUT2D eigenvalue weighted by atomic mass is 10.1. The van der Waals surface area contributed by atoms with Gasteiger partial charge in [-0.25, -0.2) is 8.42 Å². The van der Waals surface area contributed by atoms with Crippen molar-refractivity contribution in [3.8, 4) is 5.75 Å². The highest BCUT2D eigenvalue weighted by Gasteiger charge is 2.28. The number of carbonyl (C=O) groups excluding carboxylic acids is 1. The van der Waals surface area contributed by atoms with E-state index in [1.54, 1.807) is 29.2 Å².